The summed E-state index contributed by atoms with van der Waals surface area (Å²) in [5.41, 5.74) is -0.141. The second-order valence-electron chi connectivity index (χ2n) is 6.03. The highest BCUT2D eigenvalue weighted by Gasteiger charge is 2.18. The maximum Gasteiger partial charge on any atom is 0.352 e. The highest BCUT2D eigenvalue weighted by atomic mass is 32.1. The number of rotatable bonds is 5. The van der Waals surface area contributed by atoms with Crippen LogP contribution < -0.4 is 11.2 Å². The van der Waals surface area contributed by atoms with E-state index in [0.717, 1.165) is 9.44 Å². The van der Waals surface area contributed by atoms with Crippen molar-refractivity contribution in [2.75, 3.05) is 0 Å². The predicted octanol–water partition coefficient (Wildman–Crippen LogP) is 2.50. The topological polar surface area (TPSA) is 74.0 Å². The van der Waals surface area contributed by atoms with Crippen molar-refractivity contribution in [2.24, 2.45) is 0 Å². The molecule has 7 heteroatoms. The normalized spacial score (nSPS) is 11.0. The van der Waals surface area contributed by atoms with Gasteiger partial charge in [-0.05, 0) is 23.6 Å². The highest BCUT2D eigenvalue weighted by molar-refractivity contribution is 7.09. The quantitative estimate of drug-likeness (QED) is 0.501. The standard InChI is InChI=1S/C20H15N3O3S/c24-17(14-6-2-1-3-7-14)13-22-10-4-9-16-18(22)21-20(26)23(19(16)25)12-15-8-5-11-27-15/h1-11H,12-13H2. The van der Waals surface area contributed by atoms with Crippen LogP contribution in [0.15, 0.2) is 75.8 Å². The third kappa shape index (κ3) is 3.37. The zero-order chi connectivity index (χ0) is 18.8. The SMILES string of the molecule is O=C(Cn1cccc2c(=O)n(Cc3cccs3)c(=O)nc1-2)c1ccccc1. The minimum absolute atomic E-state index is 0.00215. The van der Waals surface area contributed by atoms with Crippen LogP contribution >= 0.6 is 11.3 Å². The Bertz CT molecular complexity index is 1180. The molecule has 3 heterocycles. The lowest BCUT2D eigenvalue weighted by Gasteiger charge is -2.14. The van der Waals surface area contributed by atoms with Gasteiger partial charge >= 0.3 is 5.69 Å². The van der Waals surface area contributed by atoms with E-state index in [1.807, 2.05) is 23.6 Å². The molecule has 0 N–H and O–H groups in total. The van der Waals surface area contributed by atoms with Crippen molar-refractivity contribution in [3.63, 3.8) is 0 Å². The number of aromatic nitrogens is 3. The van der Waals surface area contributed by atoms with Gasteiger partial charge in [-0.2, -0.15) is 4.98 Å². The third-order valence-electron chi connectivity index (χ3n) is 4.25. The number of hydrogen-bond donors (Lipinski definition) is 0. The van der Waals surface area contributed by atoms with Gasteiger partial charge in [0, 0.05) is 16.6 Å². The Hall–Kier alpha value is -3.32. The molecule has 0 amide bonds. The van der Waals surface area contributed by atoms with Crippen molar-refractivity contribution < 1.29 is 4.79 Å². The molecule has 27 heavy (non-hydrogen) atoms. The van der Waals surface area contributed by atoms with Crippen LogP contribution in [0.3, 0.4) is 0 Å². The minimum atomic E-state index is -0.618. The number of nitrogens with zero attached hydrogens (tertiary/aromatic N) is 3. The Morgan fingerprint density at radius 3 is 2.56 bits per heavy atom. The molecule has 2 aliphatic heterocycles. The van der Waals surface area contributed by atoms with Gasteiger partial charge in [0.25, 0.3) is 5.56 Å². The van der Waals surface area contributed by atoms with Crippen molar-refractivity contribution in [1.82, 2.24) is 14.1 Å². The number of hydrogen-bond acceptors (Lipinski definition) is 5. The van der Waals surface area contributed by atoms with Gasteiger partial charge < -0.3 is 4.57 Å². The zero-order valence-electron chi connectivity index (χ0n) is 14.2. The number of carbonyl (C=O) groups excluding carboxylic acids is 1. The van der Waals surface area contributed by atoms with Crippen LogP contribution in [-0.4, -0.2) is 19.9 Å². The van der Waals surface area contributed by atoms with E-state index in [1.54, 1.807) is 47.2 Å². The van der Waals surface area contributed by atoms with Gasteiger partial charge in [-0.15, -0.1) is 11.3 Å². The summed E-state index contributed by atoms with van der Waals surface area (Å²) >= 11 is 1.47. The average molecular weight is 377 g/mol. The van der Waals surface area contributed by atoms with Crippen LogP contribution in [0.2, 0.25) is 0 Å². The maximum absolute atomic E-state index is 12.8. The first-order chi connectivity index (χ1) is 13.1. The average Bonchev–Trinajstić information content (AvgIpc) is 3.20. The number of fused-ring (bicyclic) bond motifs is 1. The fourth-order valence-corrected chi connectivity index (χ4v) is 3.61. The Morgan fingerprint density at radius 2 is 1.81 bits per heavy atom. The monoisotopic (exact) mass is 377 g/mol. The molecule has 2 aromatic rings. The number of thiophene rings is 1. The molecular formula is C20H15N3O3S. The summed E-state index contributed by atoms with van der Waals surface area (Å²) < 4.78 is 2.67. The molecule has 0 saturated heterocycles. The van der Waals surface area contributed by atoms with Crippen molar-refractivity contribution in [2.45, 2.75) is 13.1 Å². The lowest BCUT2D eigenvalue weighted by Crippen LogP contribution is -2.38. The summed E-state index contributed by atoms with van der Waals surface area (Å²) in [6.45, 7) is 0.193. The first-order valence-corrected chi connectivity index (χ1v) is 9.22. The second kappa shape index (κ2) is 7.13. The largest absolute Gasteiger partial charge is 0.352 e. The molecule has 0 radical (unpaired) electrons. The van der Waals surface area contributed by atoms with E-state index in [2.05, 4.69) is 4.98 Å². The van der Waals surface area contributed by atoms with Gasteiger partial charge in [-0.3, -0.25) is 14.2 Å². The third-order valence-corrected chi connectivity index (χ3v) is 5.11. The molecular weight excluding hydrogens is 362 g/mol. The first-order valence-electron chi connectivity index (χ1n) is 8.34. The van der Waals surface area contributed by atoms with E-state index < -0.39 is 11.2 Å². The number of ketones is 1. The minimum Gasteiger partial charge on any atom is -0.324 e. The van der Waals surface area contributed by atoms with Crippen LogP contribution in [0.4, 0.5) is 0 Å². The lowest BCUT2D eigenvalue weighted by atomic mass is 10.1. The Kier molecular flexibility index (Phi) is 4.52. The highest BCUT2D eigenvalue weighted by Crippen LogP contribution is 2.15. The zero-order valence-corrected chi connectivity index (χ0v) is 15.1. The molecule has 0 bridgehead atoms. The van der Waals surface area contributed by atoms with Crippen LogP contribution in [-0.2, 0) is 13.1 Å². The fraction of sp³-hybridized carbons (Fsp3) is 0.100. The summed E-state index contributed by atoms with van der Waals surface area (Å²) in [6.07, 6.45) is 1.65. The van der Waals surface area contributed by atoms with Crippen LogP contribution in [0.1, 0.15) is 15.2 Å². The smallest absolute Gasteiger partial charge is 0.324 e. The van der Waals surface area contributed by atoms with Gasteiger partial charge in [0.15, 0.2) is 11.6 Å². The maximum atomic E-state index is 12.8. The van der Waals surface area contributed by atoms with E-state index in [-0.39, 0.29) is 24.7 Å². The molecule has 4 rings (SSSR count). The Morgan fingerprint density at radius 1 is 1.00 bits per heavy atom. The van der Waals surface area contributed by atoms with E-state index in [0.29, 0.717) is 11.1 Å². The molecule has 0 aliphatic carbocycles. The van der Waals surface area contributed by atoms with Crippen LogP contribution in [0.25, 0.3) is 11.4 Å². The molecule has 0 atom stereocenters. The van der Waals surface area contributed by atoms with Crippen LogP contribution in [0.5, 0.6) is 0 Å². The van der Waals surface area contributed by atoms with Gasteiger partial charge in [0.05, 0.1) is 18.7 Å². The van der Waals surface area contributed by atoms with E-state index in [9.17, 15) is 14.4 Å². The van der Waals surface area contributed by atoms with Crippen LogP contribution in [0, 0.1) is 0 Å². The van der Waals surface area contributed by atoms with Crippen molar-refractivity contribution in [3.8, 4) is 11.4 Å². The van der Waals surface area contributed by atoms with Crippen molar-refractivity contribution >= 4 is 17.1 Å². The summed E-state index contributed by atoms with van der Waals surface area (Å²) in [5, 5.41) is 1.89. The van der Waals surface area contributed by atoms with Gasteiger partial charge in [-0.25, -0.2) is 4.79 Å². The second-order valence-corrected chi connectivity index (χ2v) is 7.06. The van der Waals surface area contributed by atoms with E-state index in [4.69, 9.17) is 0 Å². The molecule has 1 aromatic heterocycles. The molecule has 0 spiro atoms. The molecule has 2 aliphatic rings. The number of carbonyl (C=O) groups is 1. The Labute approximate surface area is 158 Å². The molecule has 6 nitrogen and oxygen atoms in total. The first kappa shape index (κ1) is 17.1. The van der Waals surface area contributed by atoms with E-state index >= 15 is 0 Å². The van der Waals surface area contributed by atoms with Gasteiger partial charge in [0.2, 0.25) is 0 Å². The van der Waals surface area contributed by atoms with Crippen molar-refractivity contribution in [3.05, 3.63) is 97.5 Å². The number of pyridine rings is 1. The molecule has 1 aromatic carbocycles. The Balaban J connectivity index is 1.75. The molecule has 0 unspecified atom stereocenters. The summed E-state index contributed by atoms with van der Waals surface area (Å²) in [6, 6.07) is 15.9. The van der Waals surface area contributed by atoms with Gasteiger partial charge in [-0.1, -0.05) is 36.4 Å². The molecule has 0 saturated carbocycles. The summed E-state index contributed by atoms with van der Waals surface area (Å²) in [7, 11) is 0. The predicted molar refractivity (Wildman–Crippen MR) is 104 cm³/mol. The summed E-state index contributed by atoms with van der Waals surface area (Å²) in [5.74, 6) is 0.101. The van der Waals surface area contributed by atoms with Gasteiger partial charge in [0.1, 0.15) is 0 Å². The fourth-order valence-electron chi connectivity index (χ4n) is 2.91. The lowest BCUT2D eigenvalue weighted by molar-refractivity contribution is 0.0972. The molecule has 134 valence electrons. The molecule has 0 fully saturated rings. The van der Waals surface area contributed by atoms with E-state index in [1.165, 1.54) is 11.3 Å². The number of benzene rings is 1. The number of Topliss-reactive ketones (excluding diaryl/α,β-unsaturated/α-hetero) is 1. The summed E-state index contributed by atoms with van der Waals surface area (Å²) in [4.78, 5) is 42.7. The van der Waals surface area contributed by atoms with Crippen molar-refractivity contribution in [1.29, 1.82) is 0 Å².